The lowest BCUT2D eigenvalue weighted by atomic mass is 10.0. The van der Waals surface area contributed by atoms with Crippen molar-refractivity contribution in [2.45, 2.75) is 32.9 Å². The van der Waals surface area contributed by atoms with Gasteiger partial charge < -0.3 is 15.4 Å². The summed E-state index contributed by atoms with van der Waals surface area (Å²) in [5.41, 5.74) is 0.906. The van der Waals surface area contributed by atoms with Gasteiger partial charge >= 0.3 is 6.09 Å². The number of benzene rings is 1. The maximum absolute atomic E-state index is 11.7. The maximum atomic E-state index is 11.7. The smallest absolute Gasteiger partial charge is 0.408 e. The van der Waals surface area contributed by atoms with Gasteiger partial charge in [-0.05, 0) is 17.9 Å². The van der Waals surface area contributed by atoms with E-state index < -0.39 is 12.1 Å². The van der Waals surface area contributed by atoms with Crippen LogP contribution in [0.3, 0.4) is 0 Å². The van der Waals surface area contributed by atoms with Crippen molar-refractivity contribution in [3.05, 3.63) is 35.9 Å². The zero-order valence-corrected chi connectivity index (χ0v) is 12.2. The summed E-state index contributed by atoms with van der Waals surface area (Å²) in [6.07, 6.45) is -0.0109. The van der Waals surface area contributed by atoms with Gasteiger partial charge in [0.05, 0.1) is 0 Å². The Morgan fingerprint density at radius 1 is 1.20 bits per heavy atom. The van der Waals surface area contributed by atoms with Gasteiger partial charge in [0.2, 0.25) is 5.91 Å². The van der Waals surface area contributed by atoms with Gasteiger partial charge in [0.1, 0.15) is 12.6 Å². The number of hydrogen-bond acceptors (Lipinski definition) is 3. The third-order valence-corrected chi connectivity index (χ3v) is 2.77. The summed E-state index contributed by atoms with van der Waals surface area (Å²) in [5.74, 6) is 0.0853. The molecule has 110 valence electrons. The molecule has 0 saturated heterocycles. The molecule has 1 aromatic rings. The molecule has 2 amide bonds. The fourth-order valence-corrected chi connectivity index (χ4v) is 1.78. The van der Waals surface area contributed by atoms with Crippen LogP contribution >= 0.6 is 0 Å². The van der Waals surface area contributed by atoms with E-state index in [0.717, 1.165) is 5.56 Å². The van der Waals surface area contributed by atoms with Crippen molar-refractivity contribution in [2.75, 3.05) is 7.05 Å². The Balaban J connectivity index is 2.47. The van der Waals surface area contributed by atoms with E-state index in [9.17, 15) is 9.59 Å². The second kappa shape index (κ2) is 8.19. The molecule has 0 aliphatic heterocycles. The maximum Gasteiger partial charge on any atom is 0.408 e. The zero-order valence-electron chi connectivity index (χ0n) is 12.2. The number of carbonyl (C=O) groups is 2. The molecule has 2 N–H and O–H groups in total. The Bertz CT molecular complexity index is 432. The van der Waals surface area contributed by atoms with E-state index >= 15 is 0 Å². The van der Waals surface area contributed by atoms with Gasteiger partial charge in [0, 0.05) is 7.05 Å². The van der Waals surface area contributed by atoms with Crippen molar-refractivity contribution >= 4 is 12.0 Å². The van der Waals surface area contributed by atoms with Gasteiger partial charge in [-0.2, -0.15) is 0 Å². The van der Waals surface area contributed by atoms with Crippen LogP contribution in [0.25, 0.3) is 0 Å². The van der Waals surface area contributed by atoms with Crippen LogP contribution in [0.1, 0.15) is 25.8 Å². The van der Waals surface area contributed by atoms with E-state index in [0.29, 0.717) is 12.3 Å². The zero-order chi connectivity index (χ0) is 15.0. The summed E-state index contributed by atoms with van der Waals surface area (Å²) in [5, 5.41) is 5.14. The molecule has 0 unspecified atom stereocenters. The van der Waals surface area contributed by atoms with E-state index in [1.54, 1.807) is 7.05 Å². The molecule has 0 fully saturated rings. The van der Waals surface area contributed by atoms with Gasteiger partial charge in [-0.3, -0.25) is 4.79 Å². The average Bonchev–Trinajstić information content (AvgIpc) is 2.44. The largest absolute Gasteiger partial charge is 0.445 e. The lowest BCUT2D eigenvalue weighted by Gasteiger charge is -2.18. The van der Waals surface area contributed by atoms with Crippen molar-refractivity contribution in [2.24, 2.45) is 5.92 Å². The Labute approximate surface area is 119 Å². The summed E-state index contributed by atoms with van der Waals surface area (Å²) in [6.45, 7) is 4.18. The molecule has 0 bridgehead atoms. The number of hydrogen-bond donors (Lipinski definition) is 2. The third-order valence-electron chi connectivity index (χ3n) is 2.77. The predicted octanol–water partition coefficient (Wildman–Crippen LogP) is 2.07. The number of alkyl carbamates (subject to hydrolysis) is 1. The Morgan fingerprint density at radius 2 is 1.85 bits per heavy atom. The van der Waals surface area contributed by atoms with Crippen LogP contribution in [0.4, 0.5) is 4.79 Å². The number of amides is 2. The molecule has 1 atom stereocenters. The van der Waals surface area contributed by atoms with Gasteiger partial charge in [-0.15, -0.1) is 0 Å². The van der Waals surface area contributed by atoms with E-state index in [-0.39, 0.29) is 12.5 Å². The fraction of sp³-hybridized carbons (Fsp3) is 0.467. The Morgan fingerprint density at radius 3 is 2.40 bits per heavy atom. The molecular formula is C15H22N2O3. The molecule has 1 rings (SSSR count). The average molecular weight is 278 g/mol. The minimum absolute atomic E-state index is 0.189. The second-order valence-corrected chi connectivity index (χ2v) is 5.00. The molecular weight excluding hydrogens is 256 g/mol. The normalized spacial score (nSPS) is 11.8. The number of rotatable bonds is 6. The van der Waals surface area contributed by atoms with E-state index in [1.807, 2.05) is 44.2 Å². The lowest BCUT2D eigenvalue weighted by molar-refractivity contribution is -0.122. The summed E-state index contributed by atoms with van der Waals surface area (Å²) in [6, 6.07) is 8.83. The lowest BCUT2D eigenvalue weighted by Crippen LogP contribution is -2.46. The van der Waals surface area contributed by atoms with Gasteiger partial charge in [-0.1, -0.05) is 44.2 Å². The van der Waals surface area contributed by atoms with Crippen molar-refractivity contribution in [3.8, 4) is 0 Å². The molecule has 0 aliphatic rings. The molecule has 1 aromatic carbocycles. The molecule has 0 aliphatic carbocycles. The minimum atomic E-state index is -0.580. The third kappa shape index (κ3) is 5.73. The highest BCUT2D eigenvalue weighted by Gasteiger charge is 2.21. The molecule has 0 heterocycles. The Kier molecular flexibility index (Phi) is 6.56. The van der Waals surface area contributed by atoms with Crippen LogP contribution in [0.2, 0.25) is 0 Å². The van der Waals surface area contributed by atoms with E-state index in [4.69, 9.17) is 4.74 Å². The summed E-state index contributed by atoms with van der Waals surface area (Å²) in [4.78, 5) is 23.4. The molecule has 20 heavy (non-hydrogen) atoms. The van der Waals surface area contributed by atoms with E-state index in [2.05, 4.69) is 10.6 Å². The highest BCUT2D eigenvalue weighted by atomic mass is 16.5. The SMILES string of the molecule is CNC(=O)[C@H](CC(C)C)NC(=O)OCc1ccccc1. The van der Waals surface area contributed by atoms with Gasteiger partial charge in [0.25, 0.3) is 0 Å². The molecule has 0 saturated carbocycles. The first-order chi connectivity index (χ1) is 9.52. The standard InChI is InChI=1S/C15H22N2O3/c1-11(2)9-13(14(18)16-3)17-15(19)20-10-12-7-5-4-6-8-12/h4-8,11,13H,9-10H2,1-3H3,(H,16,18)(H,17,19)/t13-/m0/s1. The summed E-state index contributed by atoms with van der Waals surface area (Å²) in [7, 11) is 1.55. The topological polar surface area (TPSA) is 67.4 Å². The monoisotopic (exact) mass is 278 g/mol. The van der Waals surface area contributed by atoms with Crippen molar-refractivity contribution in [1.29, 1.82) is 0 Å². The Hall–Kier alpha value is -2.04. The summed E-state index contributed by atoms with van der Waals surface area (Å²) >= 11 is 0. The van der Waals surface area contributed by atoms with E-state index in [1.165, 1.54) is 0 Å². The van der Waals surface area contributed by atoms with Crippen molar-refractivity contribution in [1.82, 2.24) is 10.6 Å². The minimum Gasteiger partial charge on any atom is -0.445 e. The first-order valence-electron chi connectivity index (χ1n) is 6.71. The van der Waals surface area contributed by atoms with Crippen LogP contribution in [-0.2, 0) is 16.1 Å². The summed E-state index contributed by atoms with van der Waals surface area (Å²) < 4.78 is 5.10. The quantitative estimate of drug-likeness (QED) is 0.837. The van der Waals surface area contributed by atoms with Crippen LogP contribution in [-0.4, -0.2) is 25.1 Å². The molecule has 5 nitrogen and oxygen atoms in total. The van der Waals surface area contributed by atoms with Crippen molar-refractivity contribution in [3.63, 3.8) is 0 Å². The first kappa shape index (κ1) is 16.0. The van der Waals surface area contributed by atoms with Gasteiger partial charge in [0.15, 0.2) is 0 Å². The number of ether oxygens (including phenoxy) is 1. The van der Waals surface area contributed by atoms with Crippen LogP contribution in [0.15, 0.2) is 30.3 Å². The van der Waals surface area contributed by atoms with Gasteiger partial charge in [-0.25, -0.2) is 4.79 Å². The first-order valence-corrected chi connectivity index (χ1v) is 6.71. The molecule has 5 heteroatoms. The molecule has 0 aromatic heterocycles. The van der Waals surface area contributed by atoms with Crippen LogP contribution < -0.4 is 10.6 Å². The highest BCUT2D eigenvalue weighted by Crippen LogP contribution is 2.06. The number of nitrogens with one attached hydrogen (secondary N) is 2. The van der Waals surface area contributed by atoms with Crippen molar-refractivity contribution < 1.29 is 14.3 Å². The van der Waals surface area contributed by atoms with Crippen LogP contribution in [0.5, 0.6) is 0 Å². The molecule has 0 spiro atoms. The fourth-order valence-electron chi connectivity index (χ4n) is 1.78. The number of carbonyl (C=O) groups excluding carboxylic acids is 2. The predicted molar refractivity (Wildman–Crippen MR) is 77.1 cm³/mol. The highest BCUT2D eigenvalue weighted by molar-refractivity contribution is 5.85. The van der Waals surface area contributed by atoms with Crippen LogP contribution in [0, 0.1) is 5.92 Å². The number of likely N-dealkylation sites (N-methyl/N-ethyl adjacent to an activating group) is 1. The molecule has 0 radical (unpaired) electrons. The second-order valence-electron chi connectivity index (χ2n) is 5.00.